The van der Waals surface area contributed by atoms with Gasteiger partial charge in [-0.1, -0.05) is 24.3 Å². The van der Waals surface area contributed by atoms with E-state index >= 15 is 0 Å². The number of fused-ring (bicyclic) bond motifs is 1. The smallest absolute Gasteiger partial charge is 0.264 e. The van der Waals surface area contributed by atoms with Gasteiger partial charge in [-0.15, -0.1) is 11.8 Å². The topological polar surface area (TPSA) is 54.6 Å². The van der Waals surface area contributed by atoms with E-state index in [0.717, 1.165) is 10.5 Å². The summed E-state index contributed by atoms with van der Waals surface area (Å²) >= 11 is 1.65. The highest BCUT2D eigenvalue weighted by Crippen LogP contribution is 2.20. The van der Waals surface area contributed by atoms with Crippen LogP contribution in [0.25, 0.3) is 5.65 Å². The van der Waals surface area contributed by atoms with Crippen molar-refractivity contribution in [2.24, 2.45) is 0 Å². The van der Waals surface area contributed by atoms with Gasteiger partial charge in [-0.3, -0.25) is 9.20 Å². The van der Waals surface area contributed by atoms with Crippen LogP contribution in [-0.4, -0.2) is 20.2 Å². The minimum Gasteiger partial charge on any atom is -0.493 e. The molecule has 0 bridgehead atoms. The van der Waals surface area contributed by atoms with Crippen molar-refractivity contribution in [3.63, 3.8) is 0 Å². The van der Waals surface area contributed by atoms with Crippen LogP contribution in [0.2, 0.25) is 0 Å². The standard InChI is InChI=1S/C17H16N2O2S/c1-12-7-8-15-18-16(20)14(17(21)19(15)11-12)9-10-22-13-5-3-2-4-6-13/h2-8,11,20H,9-10H2,1H3. The lowest BCUT2D eigenvalue weighted by Gasteiger charge is -2.07. The molecule has 1 aromatic carbocycles. The Bertz CT molecular complexity index is 860. The zero-order valence-corrected chi connectivity index (χ0v) is 13.0. The van der Waals surface area contributed by atoms with Crippen LogP contribution in [0.3, 0.4) is 0 Å². The Balaban J connectivity index is 1.86. The molecule has 0 aliphatic rings. The first-order valence-electron chi connectivity index (χ1n) is 7.04. The van der Waals surface area contributed by atoms with Gasteiger partial charge in [-0.05, 0) is 37.1 Å². The average Bonchev–Trinajstić information content (AvgIpc) is 2.52. The third-order valence-electron chi connectivity index (χ3n) is 3.41. The molecular weight excluding hydrogens is 296 g/mol. The molecule has 0 fully saturated rings. The van der Waals surface area contributed by atoms with E-state index in [1.165, 1.54) is 4.40 Å². The van der Waals surface area contributed by atoms with E-state index in [9.17, 15) is 9.90 Å². The highest BCUT2D eigenvalue weighted by molar-refractivity contribution is 7.99. The predicted octanol–water partition coefficient (Wildman–Crippen LogP) is 3.04. The fraction of sp³-hybridized carbons (Fsp3) is 0.176. The van der Waals surface area contributed by atoms with E-state index < -0.39 is 0 Å². The van der Waals surface area contributed by atoms with Gasteiger partial charge in [0.1, 0.15) is 5.65 Å². The summed E-state index contributed by atoms with van der Waals surface area (Å²) in [4.78, 5) is 17.8. The van der Waals surface area contributed by atoms with E-state index in [2.05, 4.69) is 4.98 Å². The van der Waals surface area contributed by atoms with E-state index in [1.54, 1.807) is 24.0 Å². The fourth-order valence-electron chi connectivity index (χ4n) is 2.28. The summed E-state index contributed by atoms with van der Waals surface area (Å²) in [6.07, 6.45) is 2.23. The normalized spacial score (nSPS) is 11.0. The molecule has 0 amide bonds. The number of hydrogen-bond acceptors (Lipinski definition) is 4. The molecule has 1 N–H and O–H groups in total. The third kappa shape index (κ3) is 2.99. The van der Waals surface area contributed by atoms with Crippen molar-refractivity contribution in [2.45, 2.75) is 18.2 Å². The van der Waals surface area contributed by atoms with Gasteiger partial charge >= 0.3 is 0 Å². The van der Waals surface area contributed by atoms with Crippen LogP contribution in [0.5, 0.6) is 5.88 Å². The van der Waals surface area contributed by atoms with Gasteiger partial charge < -0.3 is 5.11 Å². The molecule has 0 radical (unpaired) electrons. The molecule has 22 heavy (non-hydrogen) atoms. The van der Waals surface area contributed by atoms with Gasteiger partial charge in [0.05, 0.1) is 5.56 Å². The summed E-state index contributed by atoms with van der Waals surface area (Å²) in [5.41, 5.74) is 1.62. The number of nitrogens with zero attached hydrogens (tertiary/aromatic N) is 2. The average molecular weight is 312 g/mol. The SMILES string of the molecule is Cc1ccc2nc(O)c(CCSc3ccccc3)c(=O)n2c1. The van der Waals surface area contributed by atoms with Gasteiger partial charge in [0.15, 0.2) is 0 Å². The Morgan fingerprint density at radius 2 is 1.95 bits per heavy atom. The fourth-order valence-corrected chi connectivity index (χ4v) is 3.17. The molecule has 4 nitrogen and oxygen atoms in total. The molecule has 3 aromatic rings. The maximum atomic E-state index is 12.5. The summed E-state index contributed by atoms with van der Waals surface area (Å²) in [5.74, 6) is 0.550. The molecule has 0 saturated heterocycles. The van der Waals surface area contributed by atoms with Crippen molar-refractivity contribution in [3.8, 4) is 5.88 Å². The van der Waals surface area contributed by atoms with Crippen LogP contribution >= 0.6 is 11.8 Å². The van der Waals surface area contributed by atoms with Crippen LogP contribution in [0, 0.1) is 6.92 Å². The zero-order chi connectivity index (χ0) is 15.5. The molecule has 0 atom stereocenters. The predicted molar refractivity (Wildman–Crippen MR) is 88.7 cm³/mol. The van der Waals surface area contributed by atoms with Gasteiger partial charge in [0.2, 0.25) is 5.88 Å². The Hall–Kier alpha value is -2.27. The van der Waals surface area contributed by atoms with Crippen LogP contribution in [0.15, 0.2) is 58.4 Å². The number of aryl methyl sites for hydroxylation is 1. The number of benzene rings is 1. The molecular formula is C17H16N2O2S. The summed E-state index contributed by atoms with van der Waals surface area (Å²) in [7, 11) is 0. The number of aromatic nitrogens is 2. The Kier molecular flexibility index (Phi) is 4.15. The lowest BCUT2D eigenvalue weighted by atomic mass is 10.2. The number of pyridine rings is 1. The Morgan fingerprint density at radius 1 is 1.18 bits per heavy atom. The molecule has 3 rings (SSSR count). The molecule has 2 heterocycles. The zero-order valence-electron chi connectivity index (χ0n) is 12.2. The second-order valence-electron chi connectivity index (χ2n) is 5.07. The van der Waals surface area contributed by atoms with Gasteiger partial charge in [-0.2, -0.15) is 4.98 Å². The molecule has 0 saturated carbocycles. The Morgan fingerprint density at radius 3 is 2.73 bits per heavy atom. The Labute approximate surface area is 132 Å². The lowest BCUT2D eigenvalue weighted by Crippen LogP contribution is -2.20. The van der Waals surface area contributed by atoms with E-state index in [1.807, 2.05) is 43.3 Å². The lowest BCUT2D eigenvalue weighted by molar-refractivity contribution is 0.445. The van der Waals surface area contributed by atoms with Crippen LogP contribution in [-0.2, 0) is 6.42 Å². The molecule has 5 heteroatoms. The summed E-state index contributed by atoms with van der Waals surface area (Å²) in [6, 6.07) is 13.6. The molecule has 2 aromatic heterocycles. The maximum absolute atomic E-state index is 12.5. The van der Waals surface area contributed by atoms with Crippen LogP contribution in [0.4, 0.5) is 0 Å². The minimum atomic E-state index is -0.195. The molecule has 0 spiro atoms. The number of thioether (sulfide) groups is 1. The van der Waals surface area contributed by atoms with Gasteiger partial charge in [0, 0.05) is 16.8 Å². The maximum Gasteiger partial charge on any atom is 0.264 e. The summed E-state index contributed by atoms with van der Waals surface area (Å²) in [6.45, 7) is 1.92. The molecule has 112 valence electrons. The third-order valence-corrected chi connectivity index (χ3v) is 4.42. The van der Waals surface area contributed by atoms with Crippen molar-refractivity contribution in [1.82, 2.24) is 9.38 Å². The van der Waals surface area contributed by atoms with Crippen molar-refractivity contribution in [1.29, 1.82) is 0 Å². The number of hydrogen-bond donors (Lipinski definition) is 1. The van der Waals surface area contributed by atoms with Crippen LogP contribution in [0.1, 0.15) is 11.1 Å². The first kappa shape index (κ1) is 14.7. The summed E-state index contributed by atoms with van der Waals surface area (Å²) < 4.78 is 1.50. The second-order valence-corrected chi connectivity index (χ2v) is 6.23. The highest BCUT2D eigenvalue weighted by Gasteiger charge is 2.12. The molecule has 0 aliphatic heterocycles. The minimum absolute atomic E-state index is 0.164. The first-order chi connectivity index (χ1) is 10.6. The van der Waals surface area contributed by atoms with Crippen LogP contribution < -0.4 is 5.56 Å². The van der Waals surface area contributed by atoms with E-state index in [0.29, 0.717) is 23.4 Å². The first-order valence-corrected chi connectivity index (χ1v) is 8.02. The van der Waals surface area contributed by atoms with Gasteiger partial charge in [-0.25, -0.2) is 0 Å². The van der Waals surface area contributed by atoms with E-state index in [4.69, 9.17) is 0 Å². The summed E-state index contributed by atoms with van der Waals surface area (Å²) in [5, 5.41) is 10.0. The quantitative estimate of drug-likeness (QED) is 0.752. The molecule has 0 unspecified atom stereocenters. The largest absolute Gasteiger partial charge is 0.493 e. The van der Waals surface area contributed by atoms with Crippen molar-refractivity contribution < 1.29 is 5.11 Å². The monoisotopic (exact) mass is 312 g/mol. The van der Waals surface area contributed by atoms with E-state index in [-0.39, 0.29) is 11.4 Å². The second kappa shape index (κ2) is 6.23. The van der Waals surface area contributed by atoms with Gasteiger partial charge in [0.25, 0.3) is 5.56 Å². The van der Waals surface area contributed by atoms with Crippen molar-refractivity contribution in [3.05, 3.63) is 70.1 Å². The number of aromatic hydroxyl groups is 1. The number of rotatable bonds is 4. The highest BCUT2D eigenvalue weighted by atomic mass is 32.2. The molecule has 0 aliphatic carbocycles. The van der Waals surface area contributed by atoms with Crippen molar-refractivity contribution in [2.75, 3.05) is 5.75 Å². The van der Waals surface area contributed by atoms with Crippen molar-refractivity contribution >= 4 is 17.4 Å².